The van der Waals surface area contributed by atoms with Crippen LogP contribution in [-0.2, 0) is 0 Å². The van der Waals surface area contributed by atoms with Gasteiger partial charge in [-0.2, -0.15) is 0 Å². The minimum atomic E-state index is 0. The van der Waals surface area contributed by atoms with Crippen LogP contribution in [0.5, 0.6) is 0 Å². The van der Waals surface area contributed by atoms with Gasteiger partial charge in [0.1, 0.15) is 0 Å². The van der Waals surface area contributed by atoms with Crippen LogP contribution in [0.4, 0.5) is 0 Å². The third-order valence-corrected chi connectivity index (χ3v) is 2.91. The molecule has 0 aromatic heterocycles. The maximum Gasteiger partial charge on any atom is 0.0710 e. The molecule has 0 amide bonds. The van der Waals surface area contributed by atoms with Crippen molar-refractivity contribution in [3.63, 3.8) is 0 Å². The molecular weight excluding hydrogens is 300 g/mol. The first-order chi connectivity index (χ1) is 11.3. The summed E-state index contributed by atoms with van der Waals surface area (Å²) in [4.78, 5) is 0. The van der Waals surface area contributed by atoms with Gasteiger partial charge in [0, 0.05) is 11.1 Å². The van der Waals surface area contributed by atoms with Crippen molar-refractivity contribution in [2.24, 2.45) is 0 Å². The molecule has 25 heavy (non-hydrogen) atoms. The van der Waals surface area contributed by atoms with Gasteiger partial charge in [-0.25, -0.2) is 0 Å². The summed E-state index contributed by atoms with van der Waals surface area (Å²) in [7, 11) is 0. The molecule has 0 saturated carbocycles. The third-order valence-electron chi connectivity index (χ3n) is 2.91. The quantitative estimate of drug-likeness (QED) is 0.439. The Morgan fingerprint density at radius 2 is 0.920 bits per heavy atom. The Balaban J connectivity index is -0.000000752. The predicted octanol–water partition coefficient (Wildman–Crippen LogP) is 7.42. The fourth-order valence-electron chi connectivity index (χ4n) is 1.75. The molecule has 0 heterocycles. The molecule has 136 valence electrons. The molecule has 0 N–H and O–H groups in total. The van der Waals surface area contributed by atoms with Crippen LogP contribution in [0.15, 0.2) is 48.5 Å². The van der Waals surface area contributed by atoms with E-state index in [1.807, 2.05) is 64.1 Å². The second kappa shape index (κ2) is 17.9. The molecule has 0 heteroatoms. The lowest BCUT2D eigenvalue weighted by molar-refractivity contribution is 1.42. The molecule has 2 aromatic carbocycles. The predicted molar refractivity (Wildman–Crippen MR) is 117 cm³/mol. The van der Waals surface area contributed by atoms with Gasteiger partial charge >= 0.3 is 0 Å². The zero-order chi connectivity index (χ0) is 17.5. The highest BCUT2D eigenvalue weighted by Crippen LogP contribution is 2.05. The lowest BCUT2D eigenvalue weighted by Gasteiger charge is -1.94. The summed E-state index contributed by atoms with van der Waals surface area (Å²) < 4.78 is 0. The molecule has 0 aliphatic carbocycles. The number of rotatable bonds is 0. The zero-order valence-electron chi connectivity index (χ0n) is 15.3. The van der Waals surface area contributed by atoms with Gasteiger partial charge in [0.05, 0.1) is 6.42 Å². The van der Waals surface area contributed by atoms with Crippen molar-refractivity contribution in [1.82, 2.24) is 0 Å². The summed E-state index contributed by atoms with van der Waals surface area (Å²) in [6, 6.07) is 16.3. The van der Waals surface area contributed by atoms with Crippen LogP contribution in [0, 0.1) is 37.5 Å². The average molecular weight is 337 g/mol. The van der Waals surface area contributed by atoms with Crippen LogP contribution in [0.25, 0.3) is 0 Å². The molecule has 0 fully saturated rings. The van der Waals surface area contributed by atoms with Crippen LogP contribution < -0.4 is 0 Å². The molecule has 0 aliphatic rings. The molecule has 0 aliphatic heterocycles. The van der Waals surface area contributed by atoms with Crippen LogP contribution in [-0.4, -0.2) is 0 Å². The first kappa shape index (κ1) is 27.4. The standard InChI is InChI=1S/C19H16.2C2H6.2CH4/c1-16-10-6-8-14-18(16)12-4-3-5-13-19-15-9-7-11-17(19)2;2*1-2;;/h6-11,14-15H,3H2,1-2H3;2*1-2H3;2*1H4. The van der Waals surface area contributed by atoms with Gasteiger partial charge in [0.2, 0.25) is 0 Å². The minimum absolute atomic E-state index is 0. The first-order valence-electron chi connectivity index (χ1n) is 8.36. The van der Waals surface area contributed by atoms with Gasteiger partial charge < -0.3 is 0 Å². The summed E-state index contributed by atoms with van der Waals surface area (Å²) in [6.45, 7) is 12.1. The van der Waals surface area contributed by atoms with E-state index in [0.717, 1.165) is 11.1 Å². The Morgan fingerprint density at radius 1 is 0.600 bits per heavy atom. The van der Waals surface area contributed by atoms with E-state index in [-0.39, 0.29) is 14.9 Å². The smallest absolute Gasteiger partial charge is 0.0710 e. The number of aryl methyl sites for hydroxylation is 2. The molecule has 0 spiro atoms. The molecule has 0 unspecified atom stereocenters. The van der Waals surface area contributed by atoms with Gasteiger partial charge in [-0.3, -0.25) is 0 Å². The Bertz CT molecular complexity index is 623. The second-order valence-corrected chi connectivity index (χ2v) is 4.41. The number of benzene rings is 2. The van der Waals surface area contributed by atoms with Crippen LogP contribution in [0.2, 0.25) is 0 Å². The third kappa shape index (κ3) is 10.9. The van der Waals surface area contributed by atoms with Gasteiger partial charge in [0.15, 0.2) is 0 Å². The second-order valence-electron chi connectivity index (χ2n) is 4.41. The van der Waals surface area contributed by atoms with E-state index in [1.165, 1.54) is 11.1 Å². The normalized spacial score (nSPS) is 7.28. The average Bonchev–Trinajstić information content (AvgIpc) is 2.61. The molecule has 0 radical (unpaired) electrons. The molecule has 0 saturated heterocycles. The highest BCUT2D eigenvalue weighted by atomic mass is 13.9. The van der Waals surface area contributed by atoms with E-state index >= 15 is 0 Å². The number of hydrogen-bond donors (Lipinski definition) is 0. The Morgan fingerprint density at radius 3 is 1.24 bits per heavy atom. The van der Waals surface area contributed by atoms with E-state index in [9.17, 15) is 0 Å². The van der Waals surface area contributed by atoms with Crippen LogP contribution >= 0.6 is 0 Å². The van der Waals surface area contributed by atoms with Crippen LogP contribution in [0.3, 0.4) is 0 Å². The highest BCUT2D eigenvalue weighted by molar-refractivity contribution is 5.43. The maximum atomic E-state index is 3.16. The molecule has 0 atom stereocenters. The van der Waals surface area contributed by atoms with Crippen molar-refractivity contribution in [2.75, 3.05) is 0 Å². The summed E-state index contributed by atoms with van der Waals surface area (Å²) in [5, 5.41) is 0. The monoisotopic (exact) mass is 336 g/mol. The van der Waals surface area contributed by atoms with Crippen LogP contribution in [0.1, 0.15) is 71.2 Å². The van der Waals surface area contributed by atoms with Crippen molar-refractivity contribution in [1.29, 1.82) is 0 Å². The van der Waals surface area contributed by atoms with Crippen molar-refractivity contribution in [3.8, 4) is 23.7 Å². The van der Waals surface area contributed by atoms with E-state index in [4.69, 9.17) is 0 Å². The largest absolute Gasteiger partial charge is 0.0848 e. The van der Waals surface area contributed by atoms with E-state index in [2.05, 4.69) is 49.7 Å². The van der Waals surface area contributed by atoms with Gasteiger partial charge in [-0.15, -0.1) is 0 Å². The fourth-order valence-corrected chi connectivity index (χ4v) is 1.75. The SMILES string of the molecule is C.C.CC.CC.Cc1ccccc1C#CCC#Cc1ccccc1C. The Hall–Kier alpha value is -2.44. The summed E-state index contributed by atoms with van der Waals surface area (Å²) in [5.41, 5.74) is 4.59. The molecule has 0 nitrogen and oxygen atoms in total. The topological polar surface area (TPSA) is 0 Å². The molecule has 0 bridgehead atoms. The molecule has 2 rings (SSSR count). The lowest BCUT2D eigenvalue weighted by atomic mass is 10.1. The highest BCUT2D eigenvalue weighted by Gasteiger charge is 1.90. The van der Waals surface area contributed by atoms with E-state index in [1.54, 1.807) is 0 Å². The van der Waals surface area contributed by atoms with Crippen molar-refractivity contribution in [3.05, 3.63) is 70.8 Å². The molecule has 2 aromatic rings. The lowest BCUT2D eigenvalue weighted by Crippen LogP contribution is -1.80. The van der Waals surface area contributed by atoms with Gasteiger partial charge in [-0.1, -0.05) is 103 Å². The summed E-state index contributed by atoms with van der Waals surface area (Å²) >= 11 is 0. The van der Waals surface area contributed by atoms with Gasteiger partial charge in [-0.05, 0) is 37.1 Å². The van der Waals surface area contributed by atoms with Crippen molar-refractivity contribution in [2.45, 2.75) is 62.8 Å². The summed E-state index contributed by atoms with van der Waals surface area (Å²) in [6.07, 6.45) is 0.600. The maximum absolute atomic E-state index is 3.16. The Kier molecular flexibility index (Phi) is 19.6. The Labute approximate surface area is 157 Å². The zero-order valence-corrected chi connectivity index (χ0v) is 15.3. The minimum Gasteiger partial charge on any atom is -0.0848 e. The van der Waals surface area contributed by atoms with E-state index in [0.29, 0.717) is 6.42 Å². The molecular formula is C25H36. The first-order valence-corrected chi connectivity index (χ1v) is 8.36. The van der Waals surface area contributed by atoms with Gasteiger partial charge in [0.25, 0.3) is 0 Å². The number of hydrogen-bond acceptors (Lipinski definition) is 0. The van der Waals surface area contributed by atoms with Crippen molar-refractivity contribution < 1.29 is 0 Å². The van der Waals surface area contributed by atoms with Crippen molar-refractivity contribution >= 4 is 0 Å². The fraction of sp³-hybridized carbons (Fsp3) is 0.360. The summed E-state index contributed by atoms with van der Waals surface area (Å²) in [5.74, 6) is 12.5. The van der Waals surface area contributed by atoms with E-state index < -0.39 is 0 Å².